The lowest BCUT2D eigenvalue weighted by Gasteiger charge is -2.13. The molecule has 1 heterocycles. The highest BCUT2D eigenvalue weighted by atomic mass is 19.4. The molecule has 0 aliphatic rings. The van der Waals surface area contributed by atoms with Crippen molar-refractivity contribution < 1.29 is 27.4 Å². The number of anilines is 2. The van der Waals surface area contributed by atoms with E-state index in [0.717, 1.165) is 0 Å². The van der Waals surface area contributed by atoms with Gasteiger partial charge in [0.2, 0.25) is 11.9 Å². The molecule has 0 fully saturated rings. The predicted molar refractivity (Wildman–Crippen MR) is 110 cm³/mol. The van der Waals surface area contributed by atoms with Crippen LogP contribution in [0, 0.1) is 0 Å². The largest absolute Gasteiger partial charge is 0.573 e. The Labute approximate surface area is 178 Å². The molecule has 2 aromatic rings. The van der Waals surface area contributed by atoms with Crippen molar-refractivity contribution in [1.82, 2.24) is 15.0 Å². The summed E-state index contributed by atoms with van der Waals surface area (Å²) in [6, 6.07) is 5.38. The number of alkyl halides is 3. The molecule has 31 heavy (non-hydrogen) atoms. The fraction of sp³-hybridized carbons (Fsp3) is 0.526. The van der Waals surface area contributed by atoms with Gasteiger partial charge in [-0.3, -0.25) is 0 Å². The zero-order valence-corrected chi connectivity index (χ0v) is 17.4. The van der Waals surface area contributed by atoms with E-state index in [2.05, 4.69) is 30.3 Å². The second kappa shape index (κ2) is 12.2. The third-order valence-electron chi connectivity index (χ3n) is 3.56. The number of halogens is 3. The van der Waals surface area contributed by atoms with Gasteiger partial charge < -0.3 is 30.6 Å². The molecule has 0 aliphatic heterocycles. The minimum atomic E-state index is -4.75. The average molecular weight is 444 g/mol. The van der Waals surface area contributed by atoms with Crippen LogP contribution in [0.1, 0.15) is 13.8 Å². The summed E-state index contributed by atoms with van der Waals surface area (Å²) < 4.78 is 51.6. The van der Waals surface area contributed by atoms with Gasteiger partial charge in [0.05, 0.1) is 26.4 Å². The molecule has 1 aromatic heterocycles. The van der Waals surface area contributed by atoms with Crippen molar-refractivity contribution in [1.29, 1.82) is 0 Å². The summed E-state index contributed by atoms with van der Waals surface area (Å²) in [6.45, 7) is 6.57. The van der Waals surface area contributed by atoms with E-state index >= 15 is 0 Å². The maximum atomic E-state index is 12.3. The molecule has 172 valence electrons. The van der Waals surface area contributed by atoms with Crippen LogP contribution in [0.4, 0.5) is 25.1 Å². The van der Waals surface area contributed by atoms with E-state index in [4.69, 9.17) is 15.2 Å². The molecule has 0 saturated carbocycles. The van der Waals surface area contributed by atoms with Crippen molar-refractivity contribution in [2.45, 2.75) is 26.3 Å². The molecule has 9 nitrogen and oxygen atoms in total. The number of nitrogens with two attached hydrogens (primary N) is 1. The van der Waals surface area contributed by atoms with Crippen LogP contribution in [-0.4, -0.2) is 66.9 Å². The van der Waals surface area contributed by atoms with Crippen LogP contribution in [0.15, 0.2) is 24.3 Å². The van der Waals surface area contributed by atoms with Crippen LogP contribution in [0.2, 0.25) is 0 Å². The van der Waals surface area contributed by atoms with Gasteiger partial charge in [-0.25, -0.2) is 0 Å². The van der Waals surface area contributed by atoms with E-state index in [9.17, 15) is 13.2 Å². The van der Waals surface area contributed by atoms with E-state index in [1.54, 1.807) is 0 Å². The van der Waals surface area contributed by atoms with Crippen molar-refractivity contribution in [3.63, 3.8) is 0 Å². The van der Waals surface area contributed by atoms with E-state index in [0.29, 0.717) is 62.8 Å². The number of hydrogen-bond donors (Lipinski definition) is 3. The highest BCUT2D eigenvalue weighted by Crippen LogP contribution is 2.26. The standard InChI is InChI=1S/C19H27F3N6O3/c1-13(2)25-18-27-16(14-3-5-15(6-4-14)31-19(20,21)22)26-17(28-18)24-8-10-30-12-11-29-9-7-23/h3-6,13H,7-12,23H2,1-2H3,(H2,24,25,26,27,28). The first-order valence-corrected chi connectivity index (χ1v) is 9.75. The van der Waals surface area contributed by atoms with Crippen molar-refractivity contribution >= 4 is 11.9 Å². The van der Waals surface area contributed by atoms with E-state index in [1.165, 1.54) is 24.3 Å². The number of ether oxygens (including phenoxy) is 3. The molecular weight excluding hydrogens is 417 g/mol. The van der Waals surface area contributed by atoms with Crippen LogP contribution >= 0.6 is 0 Å². The van der Waals surface area contributed by atoms with Gasteiger partial charge in [0.15, 0.2) is 5.82 Å². The summed E-state index contributed by atoms with van der Waals surface area (Å²) in [4.78, 5) is 13.0. The highest BCUT2D eigenvalue weighted by molar-refractivity contribution is 5.59. The Morgan fingerprint density at radius 1 is 0.935 bits per heavy atom. The molecule has 0 atom stereocenters. The lowest BCUT2D eigenvalue weighted by Crippen LogP contribution is -2.18. The number of benzene rings is 1. The third-order valence-corrected chi connectivity index (χ3v) is 3.56. The van der Waals surface area contributed by atoms with Crippen LogP contribution in [0.5, 0.6) is 5.75 Å². The van der Waals surface area contributed by atoms with Crippen molar-refractivity contribution in [2.24, 2.45) is 5.73 Å². The van der Waals surface area contributed by atoms with Crippen molar-refractivity contribution in [3.05, 3.63) is 24.3 Å². The molecule has 0 aliphatic carbocycles. The molecule has 0 saturated heterocycles. The molecule has 0 radical (unpaired) electrons. The van der Waals surface area contributed by atoms with Crippen LogP contribution in [-0.2, 0) is 9.47 Å². The smallest absolute Gasteiger partial charge is 0.406 e. The van der Waals surface area contributed by atoms with Crippen molar-refractivity contribution in [2.75, 3.05) is 50.2 Å². The van der Waals surface area contributed by atoms with E-state index < -0.39 is 6.36 Å². The summed E-state index contributed by atoms with van der Waals surface area (Å²) in [5, 5.41) is 6.15. The number of aromatic nitrogens is 3. The topological polar surface area (TPSA) is 116 Å². The fourth-order valence-electron chi connectivity index (χ4n) is 2.35. The Morgan fingerprint density at radius 2 is 1.58 bits per heavy atom. The molecule has 4 N–H and O–H groups in total. The van der Waals surface area contributed by atoms with Gasteiger partial charge in [-0.15, -0.1) is 13.2 Å². The maximum Gasteiger partial charge on any atom is 0.573 e. The fourth-order valence-corrected chi connectivity index (χ4v) is 2.35. The molecule has 0 bridgehead atoms. The number of hydrogen-bond acceptors (Lipinski definition) is 9. The molecule has 1 aromatic carbocycles. The molecular formula is C19H27F3N6O3. The Balaban J connectivity index is 2.02. The average Bonchev–Trinajstić information content (AvgIpc) is 2.69. The Morgan fingerprint density at radius 3 is 2.19 bits per heavy atom. The lowest BCUT2D eigenvalue weighted by atomic mass is 10.2. The monoisotopic (exact) mass is 444 g/mol. The van der Waals surface area contributed by atoms with E-state index in [-0.39, 0.29) is 11.8 Å². The van der Waals surface area contributed by atoms with Gasteiger partial charge in [0.25, 0.3) is 0 Å². The Bertz CT molecular complexity index is 790. The van der Waals surface area contributed by atoms with Gasteiger partial charge in [-0.05, 0) is 38.1 Å². The minimum absolute atomic E-state index is 0.0718. The van der Waals surface area contributed by atoms with Crippen LogP contribution < -0.4 is 21.1 Å². The second-order valence-electron chi connectivity index (χ2n) is 6.62. The molecule has 0 unspecified atom stereocenters. The van der Waals surface area contributed by atoms with Gasteiger partial charge in [-0.2, -0.15) is 15.0 Å². The Hall–Kier alpha value is -2.70. The minimum Gasteiger partial charge on any atom is -0.406 e. The zero-order chi connectivity index (χ0) is 22.7. The van der Waals surface area contributed by atoms with Crippen LogP contribution in [0.3, 0.4) is 0 Å². The summed E-state index contributed by atoms with van der Waals surface area (Å²) in [5.74, 6) is 0.632. The summed E-state index contributed by atoms with van der Waals surface area (Å²) in [6.07, 6.45) is -4.75. The maximum absolute atomic E-state index is 12.3. The SMILES string of the molecule is CC(C)Nc1nc(NCCOCCOCCN)nc(-c2ccc(OC(F)(F)F)cc2)n1. The zero-order valence-electron chi connectivity index (χ0n) is 17.4. The third kappa shape index (κ3) is 9.77. The van der Waals surface area contributed by atoms with Gasteiger partial charge >= 0.3 is 6.36 Å². The number of nitrogens with one attached hydrogen (secondary N) is 2. The highest BCUT2D eigenvalue weighted by Gasteiger charge is 2.31. The molecule has 2 rings (SSSR count). The molecule has 12 heteroatoms. The van der Waals surface area contributed by atoms with Gasteiger partial charge in [-0.1, -0.05) is 0 Å². The first-order valence-electron chi connectivity index (χ1n) is 9.75. The number of rotatable bonds is 13. The lowest BCUT2D eigenvalue weighted by molar-refractivity contribution is -0.274. The Kier molecular flexibility index (Phi) is 9.69. The van der Waals surface area contributed by atoms with E-state index in [1.807, 2.05) is 13.8 Å². The molecule has 0 amide bonds. The summed E-state index contributed by atoms with van der Waals surface area (Å²) in [5.41, 5.74) is 5.85. The van der Waals surface area contributed by atoms with Gasteiger partial charge in [0, 0.05) is 24.7 Å². The predicted octanol–water partition coefficient (Wildman–Crippen LogP) is 2.66. The van der Waals surface area contributed by atoms with Gasteiger partial charge in [0.1, 0.15) is 5.75 Å². The second-order valence-corrected chi connectivity index (χ2v) is 6.62. The quantitative estimate of drug-likeness (QED) is 0.401. The van der Waals surface area contributed by atoms with Crippen molar-refractivity contribution in [3.8, 4) is 17.1 Å². The summed E-state index contributed by atoms with van der Waals surface area (Å²) >= 11 is 0. The first-order chi connectivity index (χ1) is 14.8. The molecule has 0 spiro atoms. The number of nitrogens with zero attached hydrogens (tertiary/aromatic N) is 3. The normalized spacial score (nSPS) is 11.6. The summed E-state index contributed by atoms with van der Waals surface area (Å²) in [7, 11) is 0. The first kappa shape index (κ1) is 24.6. The van der Waals surface area contributed by atoms with Crippen LogP contribution in [0.25, 0.3) is 11.4 Å².